The number of carbonyl (C=O) groups is 1. The molecule has 0 radical (unpaired) electrons. The fourth-order valence-corrected chi connectivity index (χ4v) is 1.26. The van der Waals surface area contributed by atoms with Crippen molar-refractivity contribution >= 4 is 18.6 Å². The molecule has 76 valence electrons. The zero-order valence-electron chi connectivity index (χ0n) is 7.90. The average molecular weight is 211 g/mol. The number of carboxylic acids is 1. The molecule has 1 rings (SSSR count). The first kappa shape index (κ1) is 11.1. The van der Waals surface area contributed by atoms with Gasteiger partial charge in [-0.15, -0.1) is 12.6 Å². The van der Waals surface area contributed by atoms with E-state index < -0.39 is 11.5 Å². The predicted molar refractivity (Wildman–Crippen MR) is 57.6 cm³/mol. The highest BCUT2D eigenvalue weighted by atomic mass is 32.1. The lowest BCUT2D eigenvalue weighted by Crippen LogP contribution is -2.46. The Morgan fingerprint density at radius 1 is 1.50 bits per heavy atom. The predicted octanol–water partition coefficient (Wildman–Crippen LogP) is 1.32. The molecule has 4 heteroatoms. The maximum absolute atomic E-state index is 10.8. The summed E-state index contributed by atoms with van der Waals surface area (Å²) in [5.41, 5.74) is 5.30. The SMILES string of the molecule is C[C@](N)(Cc1ccc(S)cc1)C(=O)O. The number of aliphatic carboxylic acids is 1. The number of rotatable bonds is 3. The minimum atomic E-state index is -1.21. The molecular weight excluding hydrogens is 198 g/mol. The molecular formula is C10H13NO2S. The molecule has 14 heavy (non-hydrogen) atoms. The molecule has 0 spiro atoms. The molecule has 1 aromatic rings. The highest BCUT2D eigenvalue weighted by Crippen LogP contribution is 2.13. The lowest BCUT2D eigenvalue weighted by atomic mass is 9.94. The molecule has 0 amide bonds. The fourth-order valence-electron chi connectivity index (χ4n) is 1.11. The first-order valence-electron chi connectivity index (χ1n) is 4.22. The fraction of sp³-hybridized carbons (Fsp3) is 0.300. The molecule has 0 aliphatic rings. The smallest absolute Gasteiger partial charge is 0.323 e. The summed E-state index contributed by atoms with van der Waals surface area (Å²) < 4.78 is 0. The summed E-state index contributed by atoms with van der Waals surface area (Å²) in [6.45, 7) is 1.50. The highest BCUT2D eigenvalue weighted by Gasteiger charge is 2.27. The Morgan fingerprint density at radius 3 is 2.43 bits per heavy atom. The lowest BCUT2D eigenvalue weighted by Gasteiger charge is -2.18. The topological polar surface area (TPSA) is 63.3 Å². The Labute approximate surface area is 88.3 Å². The zero-order valence-corrected chi connectivity index (χ0v) is 8.79. The third-order valence-corrected chi connectivity index (χ3v) is 2.29. The van der Waals surface area contributed by atoms with Gasteiger partial charge < -0.3 is 10.8 Å². The highest BCUT2D eigenvalue weighted by molar-refractivity contribution is 7.80. The summed E-state index contributed by atoms with van der Waals surface area (Å²) >= 11 is 4.14. The third-order valence-electron chi connectivity index (χ3n) is 2.00. The van der Waals surface area contributed by atoms with Crippen molar-refractivity contribution in [2.75, 3.05) is 0 Å². The van der Waals surface area contributed by atoms with Gasteiger partial charge in [-0.3, -0.25) is 4.79 Å². The summed E-state index contributed by atoms with van der Waals surface area (Å²) in [6, 6.07) is 7.29. The van der Waals surface area contributed by atoms with Crippen LogP contribution in [0.1, 0.15) is 12.5 Å². The first-order valence-corrected chi connectivity index (χ1v) is 4.67. The Morgan fingerprint density at radius 2 is 2.00 bits per heavy atom. The summed E-state index contributed by atoms with van der Waals surface area (Å²) in [5, 5.41) is 8.82. The van der Waals surface area contributed by atoms with Gasteiger partial charge in [0.05, 0.1) is 0 Å². The van der Waals surface area contributed by atoms with Gasteiger partial charge in [-0.1, -0.05) is 12.1 Å². The van der Waals surface area contributed by atoms with Gasteiger partial charge in [0.15, 0.2) is 0 Å². The molecule has 3 nitrogen and oxygen atoms in total. The van der Waals surface area contributed by atoms with E-state index in [9.17, 15) is 4.79 Å². The van der Waals surface area contributed by atoms with Crippen LogP contribution in [0.5, 0.6) is 0 Å². The minimum absolute atomic E-state index is 0.316. The summed E-state index contributed by atoms with van der Waals surface area (Å²) in [6.07, 6.45) is 0.316. The van der Waals surface area contributed by atoms with Crippen LogP contribution in [0.25, 0.3) is 0 Å². The Kier molecular flexibility index (Phi) is 3.18. The van der Waals surface area contributed by atoms with Gasteiger partial charge in [0.25, 0.3) is 0 Å². The van der Waals surface area contributed by atoms with Crippen LogP contribution in [0.15, 0.2) is 29.2 Å². The summed E-state index contributed by atoms with van der Waals surface area (Å²) in [7, 11) is 0. The van der Waals surface area contributed by atoms with Crippen molar-refractivity contribution in [1.29, 1.82) is 0 Å². The Balaban J connectivity index is 2.79. The van der Waals surface area contributed by atoms with Crippen molar-refractivity contribution in [3.8, 4) is 0 Å². The van der Waals surface area contributed by atoms with Crippen molar-refractivity contribution in [1.82, 2.24) is 0 Å². The molecule has 0 bridgehead atoms. The van der Waals surface area contributed by atoms with E-state index in [4.69, 9.17) is 10.8 Å². The van der Waals surface area contributed by atoms with E-state index in [1.807, 2.05) is 24.3 Å². The first-order chi connectivity index (χ1) is 6.42. The lowest BCUT2D eigenvalue weighted by molar-refractivity contribution is -0.142. The van der Waals surface area contributed by atoms with Crippen molar-refractivity contribution in [3.05, 3.63) is 29.8 Å². The number of hydrogen-bond acceptors (Lipinski definition) is 3. The van der Waals surface area contributed by atoms with Crippen LogP contribution in [-0.2, 0) is 11.2 Å². The van der Waals surface area contributed by atoms with E-state index in [2.05, 4.69) is 12.6 Å². The Bertz CT molecular complexity index is 332. The van der Waals surface area contributed by atoms with E-state index in [0.29, 0.717) is 6.42 Å². The van der Waals surface area contributed by atoms with Crippen LogP contribution in [0.3, 0.4) is 0 Å². The molecule has 0 aromatic heterocycles. The van der Waals surface area contributed by atoms with E-state index in [1.54, 1.807) is 0 Å². The summed E-state index contributed by atoms with van der Waals surface area (Å²) in [5.74, 6) is -0.993. The van der Waals surface area contributed by atoms with Crippen molar-refractivity contribution in [3.63, 3.8) is 0 Å². The molecule has 0 fully saturated rings. The van der Waals surface area contributed by atoms with E-state index in [1.165, 1.54) is 6.92 Å². The molecule has 1 atom stereocenters. The number of nitrogens with two attached hydrogens (primary N) is 1. The zero-order chi connectivity index (χ0) is 10.8. The molecule has 0 aliphatic heterocycles. The number of thiol groups is 1. The van der Waals surface area contributed by atoms with Crippen LogP contribution < -0.4 is 5.73 Å². The van der Waals surface area contributed by atoms with Gasteiger partial charge in [0.2, 0.25) is 0 Å². The normalized spacial score (nSPS) is 14.8. The number of carboxylic acid groups (broad SMARTS) is 1. The van der Waals surface area contributed by atoms with Crippen LogP contribution in [0, 0.1) is 0 Å². The second-order valence-corrected chi connectivity index (χ2v) is 4.08. The molecule has 0 aliphatic carbocycles. The van der Waals surface area contributed by atoms with Gasteiger partial charge in [-0.05, 0) is 24.6 Å². The molecule has 0 saturated heterocycles. The number of hydrogen-bond donors (Lipinski definition) is 3. The maximum Gasteiger partial charge on any atom is 0.323 e. The maximum atomic E-state index is 10.8. The van der Waals surface area contributed by atoms with Gasteiger partial charge in [-0.25, -0.2) is 0 Å². The quantitative estimate of drug-likeness (QED) is 0.661. The minimum Gasteiger partial charge on any atom is -0.480 e. The van der Waals surface area contributed by atoms with E-state index in [0.717, 1.165) is 10.5 Å². The van der Waals surface area contributed by atoms with Crippen LogP contribution in [0.4, 0.5) is 0 Å². The van der Waals surface area contributed by atoms with Gasteiger partial charge in [-0.2, -0.15) is 0 Å². The average Bonchev–Trinajstić information content (AvgIpc) is 2.08. The second-order valence-electron chi connectivity index (χ2n) is 3.57. The van der Waals surface area contributed by atoms with Crippen molar-refractivity contribution in [2.24, 2.45) is 5.73 Å². The van der Waals surface area contributed by atoms with Gasteiger partial charge >= 0.3 is 5.97 Å². The number of benzene rings is 1. The van der Waals surface area contributed by atoms with Crippen molar-refractivity contribution in [2.45, 2.75) is 23.8 Å². The molecule has 1 aromatic carbocycles. The largest absolute Gasteiger partial charge is 0.480 e. The van der Waals surface area contributed by atoms with Crippen LogP contribution >= 0.6 is 12.6 Å². The molecule has 0 saturated carbocycles. The molecule has 3 N–H and O–H groups in total. The van der Waals surface area contributed by atoms with Crippen molar-refractivity contribution < 1.29 is 9.90 Å². The third kappa shape index (κ3) is 2.75. The van der Waals surface area contributed by atoms with Gasteiger partial charge in [0, 0.05) is 11.3 Å². The standard InChI is InChI=1S/C10H13NO2S/c1-10(11,9(12)13)6-7-2-4-8(14)5-3-7/h2-5,14H,6,11H2,1H3,(H,12,13)/t10-/m0/s1. The van der Waals surface area contributed by atoms with E-state index >= 15 is 0 Å². The molecule has 0 heterocycles. The Hall–Kier alpha value is -1.00. The monoisotopic (exact) mass is 211 g/mol. The summed E-state index contributed by atoms with van der Waals surface area (Å²) in [4.78, 5) is 11.6. The van der Waals surface area contributed by atoms with E-state index in [-0.39, 0.29) is 0 Å². The van der Waals surface area contributed by atoms with Gasteiger partial charge in [0.1, 0.15) is 5.54 Å². The van der Waals surface area contributed by atoms with Crippen LogP contribution in [-0.4, -0.2) is 16.6 Å². The molecule has 0 unspecified atom stereocenters. The second kappa shape index (κ2) is 4.02. The van der Waals surface area contributed by atoms with Crippen LogP contribution in [0.2, 0.25) is 0 Å².